The summed E-state index contributed by atoms with van der Waals surface area (Å²) in [4.78, 5) is 10.3. The molecule has 0 amide bonds. The van der Waals surface area contributed by atoms with Crippen LogP contribution >= 0.6 is 27.3 Å². The second-order valence-corrected chi connectivity index (χ2v) is 5.14. The van der Waals surface area contributed by atoms with Crippen LogP contribution in [0, 0.1) is 10.1 Å². The average molecular weight is 313 g/mol. The van der Waals surface area contributed by atoms with Gasteiger partial charge in [0, 0.05) is 34.2 Å². The third kappa shape index (κ3) is 3.28. The highest BCUT2D eigenvalue weighted by atomic mass is 79.9. The van der Waals surface area contributed by atoms with Crippen LogP contribution in [0.2, 0.25) is 0 Å². The molecule has 0 unspecified atom stereocenters. The molecular formula is C11H9BrN2O2S. The van der Waals surface area contributed by atoms with E-state index in [0.29, 0.717) is 11.0 Å². The Kier molecular flexibility index (Phi) is 3.75. The van der Waals surface area contributed by atoms with Gasteiger partial charge in [0.1, 0.15) is 0 Å². The van der Waals surface area contributed by atoms with Gasteiger partial charge in [-0.3, -0.25) is 10.1 Å². The number of non-ortho nitro benzene ring substituents is 1. The highest BCUT2D eigenvalue weighted by Gasteiger charge is 2.08. The minimum Gasteiger partial charge on any atom is -0.380 e. The second kappa shape index (κ2) is 5.29. The quantitative estimate of drug-likeness (QED) is 0.685. The van der Waals surface area contributed by atoms with E-state index >= 15 is 0 Å². The molecule has 1 heterocycles. The number of nitrogens with one attached hydrogen (secondary N) is 1. The van der Waals surface area contributed by atoms with Crippen LogP contribution in [0.15, 0.2) is 39.5 Å². The van der Waals surface area contributed by atoms with Gasteiger partial charge in [-0.15, -0.1) is 0 Å². The van der Waals surface area contributed by atoms with Crippen molar-refractivity contribution in [3.63, 3.8) is 0 Å². The van der Waals surface area contributed by atoms with Crippen LogP contribution in [-0.4, -0.2) is 4.92 Å². The molecule has 1 aromatic carbocycles. The molecule has 0 bridgehead atoms. The maximum absolute atomic E-state index is 10.7. The summed E-state index contributed by atoms with van der Waals surface area (Å²) in [5, 5.41) is 17.9. The molecule has 0 saturated carbocycles. The lowest BCUT2D eigenvalue weighted by Crippen LogP contribution is -1.99. The van der Waals surface area contributed by atoms with Gasteiger partial charge >= 0.3 is 0 Å². The van der Waals surface area contributed by atoms with Gasteiger partial charge in [0.2, 0.25) is 0 Å². The Morgan fingerprint density at radius 2 is 2.24 bits per heavy atom. The predicted molar refractivity (Wildman–Crippen MR) is 72.4 cm³/mol. The van der Waals surface area contributed by atoms with E-state index in [9.17, 15) is 10.1 Å². The van der Waals surface area contributed by atoms with Crippen LogP contribution in [0.25, 0.3) is 0 Å². The number of rotatable bonds is 4. The van der Waals surface area contributed by atoms with Crippen molar-refractivity contribution in [2.45, 2.75) is 6.54 Å². The van der Waals surface area contributed by atoms with Crippen molar-refractivity contribution in [2.75, 3.05) is 5.32 Å². The zero-order valence-electron chi connectivity index (χ0n) is 8.72. The Morgan fingerprint density at radius 1 is 1.41 bits per heavy atom. The van der Waals surface area contributed by atoms with Crippen LogP contribution < -0.4 is 5.32 Å². The molecule has 0 aliphatic rings. The smallest absolute Gasteiger partial charge is 0.270 e. The molecule has 6 heteroatoms. The van der Waals surface area contributed by atoms with Crippen LogP contribution in [0.5, 0.6) is 0 Å². The normalized spacial score (nSPS) is 10.2. The lowest BCUT2D eigenvalue weighted by atomic mass is 10.2. The Labute approximate surface area is 111 Å². The average Bonchev–Trinajstić information content (AvgIpc) is 2.78. The Hall–Kier alpha value is -1.40. The number of hydrogen-bond donors (Lipinski definition) is 1. The highest BCUT2D eigenvalue weighted by Crippen LogP contribution is 2.22. The molecule has 2 rings (SSSR count). The summed E-state index contributed by atoms with van der Waals surface area (Å²) in [6.07, 6.45) is 0. The Balaban J connectivity index is 2.13. The van der Waals surface area contributed by atoms with Gasteiger partial charge in [0.05, 0.1) is 4.92 Å². The zero-order chi connectivity index (χ0) is 12.3. The van der Waals surface area contributed by atoms with Gasteiger partial charge in [-0.2, -0.15) is 11.3 Å². The number of nitro groups is 1. The maximum Gasteiger partial charge on any atom is 0.270 e. The van der Waals surface area contributed by atoms with Crippen LogP contribution in [0.4, 0.5) is 11.4 Å². The second-order valence-electron chi connectivity index (χ2n) is 3.44. The lowest BCUT2D eigenvalue weighted by molar-refractivity contribution is -0.385. The summed E-state index contributed by atoms with van der Waals surface area (Å²) >= 11 is 4.88. The summed E-state index contributed by atoms with van der Waals surface area (Å²) in [7, 11) is 0. The van der Waals surface area contributed by atoms with E-state index in [1.54, 1.807) is 17.4 Å². The van der Waals surface area contributed by atoms with Gasteiger partial charge in [0.15, 0.2) is 0 Å². The van der Waals surface area contributed by atoms with Crippen molar-refractivity contribution in [1.29, 1.82) is 0 Å². The van der Waals surface area contributed by atoms with Gasteiger partial charge in [0.25, 0.3) is 5.69 Å². The van der Waals surface area contributed by atoms with Crippen molar-refractivity contribution in [1.82, 2.24) is 0 Å². The predicted octanol–water partition coefficient (Wildman–Crippen LogP) is 4.03. The molecule has 1 aromatic heterocycles. The van der Waals surface area contributed by atoms with Gasteiger partial charge in [-0.25, -0.2) is 0 Å². The third-order valence-electron chi connectivity index (χ3n) is 2.17. The fraction of sp³-hybridized carbons (Fsp3) is 0.0909. The number of anilines is 1. The number of thiophene rings is 1. The van der Waals surface area contributed by atoms with Crippen molar-refractivity contribution in [2.24, 2.45) is 0 Å². The summed E-state index contributed by atoms with van der Waals surface area (Å²) < 4.78 is 0.716. The van der Waals surface area contributed by atoms with Crippen molar-refractivity contribution in [3.05, 3.63) is 55.2 Å². The fourth-order valence-electron chi connectivity index (χ4n) is 1.41. The van der Waals surface area contributed by atoms with Crippen molar-refractivity contribution < 1.29 is 4.92 Å². The zero-order valence-corrected chi connectivity index (χ0v) is 11.1. The van der Waals surface area contributed by atoms with E-state index in [4.69, 9.17) is 0 Å². The van der Waals surface area contributed by atoms with E-state index in [1.165, 1.54) is 6.07 Å². The van der Waals surface area contributed by atoms with E-state index in [2.05, 4.69) is 21.2 Å². The molecule has 88 valence electrons. The first-order valence-electron chi connectivity index (χ1n) is 4.85. The number of benzene rings is 1. The number of nitrogens with zero attached hydrogens (tertiary/aromatic N) is 1. The third-order valence-corrected chi connectivity index (χ3v) is 3.31. The molecular weight excluding hydrogens is 304 g/mol. The number of hydrogen-bond acceptors (Lipinski definition) is 4. The van der Waals surface area contributed by atoms with Gasteiger partial charge in [-0.05, 0) is 23.1 Å². The molecule has 0 atom stereocenters. The van der Waals surface area contributed by atoms with Crippen LogP contribution in [-0.2, 0) is 6.54 Å². The monoisotopic (exact) mass is 312 g/mol. The molecule has 0 aliphatic carbocycles. The molecule has 0 aliphatic heterocycles. The van der Waals surface area contributed by atoms with Gasteiger partial charge < -0.3 is 5.32 Å². The first kappa shape index (κ1) is 12.1. The molecule has 2 aromatic rings. The first-order chi connectivity index (χ1) is 8.15. The summed E-state index contributed by atoms with van der Waals surface area (Å²) in [5.74, 6) is 0. The molecule has 0 radical (unpaired) electrons. The Morgan fingerprint density at radius 3 is 2.88 bits per heavy atom. The summed E-state index contributed by atoms with van der Waals surface area (Å²) in [6, 6.07) is 6.90. The SMILES string of the molecule is O=[N+]([O-])c1cc(Br)cc(CNc2ccsc2)c1. The maximum atomic E-state index is 10.7. The minimum atomic E-state index is -0.390. The summed E-state index contributed by atoms with van der Waals surface area (Å²) in [5.41, 5.74) is 2.00. The largest absolute Gasteiger partial charge is 0.380 e. The standard InChI is InChI=1S/C11H9BrN2O2S/c12-9-3-8(4-11(5-9)14(15)16)6-13-10-1-2-17-7-10/h1-5,7,13H,6H2. The van der Waals surface area contributed by atoms with Crippen molar-refractivity contribution >= 4 is 38.6 Å². The molecule has 1 N–H and O–H groups in total. The first-order valence-corrected chi connectivity index (χ1v) is 6.58. The topological polar surface area (TPSA) is 55.2 Å². The molecule has 17 heavy (non-hydrogen) atoms. The van der Waals surface area contributed by atoms with Crippen molar-refractivity contribution in [3.8, 4) is 0 Å². The Bertz CT molecular complexity index is 528. The molecule has 0 fully saturated rings. The lowest BCUT2D eigenvalue weighted by Gasteiger charge is -2.04. The number of halogens is 1. The fourth-order valence-corrected chi connectivity index (χ4v) is 2.55. The van der Waals surface area contributed by atoms with E-state index in [1.807, 2.05) is 22.9 Å². The van der Waals surface area contributed by atoms with Crippen LogP contribution in [0.1, 0.15) is 5.56 Å². The highest BCUT2D eigenvalue weighted by molar-refractivity contribution is 9.10. The number of nitro benzene ring substituents is 1. The van der Waals surface area contributed by atoms with Crippen LogP contribution in [0.3, 0.4) is 0 Å². The molecule has 0 saturated heterocycles. The van der Waals surface area contributed by atoms with E-state index in [0.717, 1.165) is 11.3 Å². The van der Waals surface area contributed by atoms with E-state index in [-0.39, 0.29) is 5.69 Å². The van der Waals surface area contributed by atoms with E-state index < -0.39 is 4.92 Å². The molecule has 4 nitrogen and oxygen atoms in total. The minimum absolute atomic E-state index is 0.0986. The summed E-state index contributed by atoms with van der Waals surface area (Å²) in [6.45, 7) is 0.566. The molecule has 0 spiro atoms. The van der Waals surface area contributed by atoms with Gasteiger partial charge in [-0.1, -0.05) is 15.9 Å².